The van der Waals surface area contributed by atoms with Gasteiger partial charge in [0, 0.05) is 18.3 Å². The first-order valence-corrected chi connectivity index (χ1v) is 7.25. The molecule has 3 rings (SSSR count). The first-order chi connectivity index (χ1) is 10.8. The molecule has 0 saturated heterocycles. The summed E-state index contributed by atoms with van der Waals surface area (Å²) in [7, 11) is 0. The largest absolute Gasteiger partial charge is 0.508 e. The first-order valence-electron chi connectivity index (χ1n) is 7.25. The van der Waals surface area contributed by atoms with E-state index in [0.29, 0.717) is 5.56 Å². The molecule has 4 heteroatoms. The SMILES string of the molecule is N#Cc1ccc(CCNCc2cccc3cc[nH]c23)c(O)c1. The average molecular weight is 291 g/mol. The van der Waals surface area contributed by atoms with E-state index >= 15 is 0 Å². The highest BCUT2D eigenvalue weighted by Crippen LogP contribution is 2.19. The number of benzene rings is 2. The maximum Gasteiger partial charge on any atom is 0.120 e. The molecule has 0 aliphatic carbocycles. The molecule has 110 valence electrons. The van der Waals surface area contributed by atoms with E-state index in [4.69, 9.17) is 5.26 Å². The summed E-state index contributed by atoms with van der Waals surface area (Å²) >= 11 is 0. The summed E-state index contributed by atoms with van der Waals surface area (Å²) in [6.45, 7) is 1.53. The maximum atomic E-state index is 9.87. The molecule has 2 aromatic carbocycles. The summed E-state index contributed by atoms with van der Waals surface area (Å²) in [5.74, 6) is 0.187. The zero-order chi connectivity index (χ0) is 15.4. The molecule has 0 atom stereocenters. The number of aromatic amines is 1. The molecule has 0 aliphatic heterocycles. The van der Waals surface area contributed by atoms with Crippen molar-refractivity contribution in [3.05, 3.63) is 65.4 Å². The van der Waals surface area contributed by atoms with Crippen molar-refractivity contribution in [2.45, 2.75) is 13.0 Å². The van der Waals surface area contributed by atoms with Crippen molar-refractivity contribution in [2.75, 3.05) is 6.54 Å². The Morgan fingerprint density at radius 1 is 1.14 bits per heavy atom. The normalized spacial score (nSPS) is 10.7. The smallest absolute Gasteiger partial charge is 0.120 e. The number of aromatic nitrogens is 1. The predicted molar refractivity (Wildman–Crippen MR) is 86.5 cm³/mol. The Bertz CT molecular complexity index is 830. The zero-order valence-electron chi connectivity index (χ0n) is 12.1. The summed E-state index contributed by atoms with van der Waals surface area (Å²) in [5.41, 5.74) is 3.72. The Labute approximate surface area is 129 Å². The number of phenols is 1. The van der Waals surface area contributed by atoms with Gasteiger partial charge >= 0.3 is 0 Å². The van der Waals surface area contributed by atoms with Gasteiger partial charge in [-0.3, -0.25) is 0 Å². The molecule has 3 aromatic rings. The third-order valence-corrected chi connectivity index (χ3v) is 3.77. The van der Waals surface area contributed by atoms with Crippen molar-refractivity contribution in [3.63, 3.8) is 0 Å². The van der Waals surface area contributed by atoms with Gasteiger partial charge in [0.25, 0.3) is 0 Å². The molecule has 0 radical (unpaired) electrons. The lowest BCUT2D eigenvalue weighted by atomic mass is 10.1. The number of para-hydroxylation sites is 1. The van der Waals surface area contributed by atoms with E-state index in [1.54, 1.807) is 12.1 Å². The van der Waals surface area contributed by atoms with Crippen LogP contribution in [-0.2, 0) is 13.0 Å². The number of phenolic OH excluding ortho intramolecular Hbond substituents is 1. The van der Waals surface area contributed by atoms with Crippen LogP contribution >= 0.6 is 0 Å². The summed E-state index contributed by atoms with van der Waals surface area (Å²) in [4.78, 5) is 3.26. The predicted octanol–water partition coefficient (Wildman–Crippen LogP) is 3.08. The fourth-order valence-electron chi connectivity index (χ4n) is 2.59. The number of rotatable bonds is 5. The summed E-state index contributed by atoms with van der Waals surface area (Å²) < 4.78 is 0. The summed E-state index contributed by atoms with van der Waals surface area (Å²) in [6.07, 6.45) is 2.67. The number of nitrogens with zero attached hydrogens (tertiary/aromatic N) is 1. The van der Waals surface area contributed by atoms with Crippen molar-refractivity contribution in [2.24, 2.45) is 0 Å². The van der Waals surface area contributed by atoms with Crippen LogP contribution in [0.4, 0.5) is 0 Å². The molecule has 0 spiro atoms. The molecule has 0 bridgehead atoms. The van der Waals surface area contributed by atoms with Gasteiger partial charge in [-0.2, -0.15) is 5.26 Å². The van der Waals surface area contributed by atoms with Crippen LogP contribution in [-0.4, -0.2) is 16.6 Å². The molecule has 4 nitrogen and oxygen atoms in total. The molecule has 0 aliphatic rings. The number of hydrogen-bond donors (Lipinski definition) is 3. The number of nitrogens with one attached hydrogen (secondary N) is 2. The van der Waals surface area contributed by atoms with Gasteiger partial charge in [0.1, 0.15) is 5.75 Å². The highest BCUT2D eigenvalue weighted by molar-refractivity contribution is 5.82. The van der Waals surface area contributed by atoms with Crippen LogP contribution in [0.3, 0.4) is 0 Å². The van der Waals surface area contributed by atoms with Crippen LogP contribution in [0.2, 0.25) is 0 Å². The Kier molecular flexibility index (Phi) is 4.08. The van der Waals surface area contributed by atoms with Crippen LogP contribution in [0.25, 0.3) is 10.9 Å². The Hall–Kier alpha value is -2.77. The Morgan fingerprint density at radius 3 is 2.86 bits per heavy atom. The Balaban J connectivity index is 1.58. The molecule has 0 fully saturated rings. The molecule has 3 N–H and O–H groups in total. The third-order valence-electron chi connectivity index (χ3n) is 3.77. The van der Waals surface area contributed by atoms with Crippen LogP contribution in [0, 0.1) is 11.3 Å². The van der Waals surface area contributed by atoms with Gasteiger partial charge in [-0.25, -0.2) is 0 Å². The lowest BCUT2D eigenvalue weighted by molar-refractivity contribution is 0.466. The first kappa shape index (κ1) is 14.2. The van der Waals surface area contributed by atoms with Gasteiger partial charge in [-0.05, 0) is 47.7 Å². The lowest BCUT2D eigenvalue weighted by Crippen LogP contribution is -2.17. The number of hydrogen-bond acceptors (Lipinski definition) is 3. The molecule has 0 amide bonds. The summed E-state index contributed by atoms with van der Waals surface area (Å²) in [5, 5.41) is 23.3. The summed E-state index contributed by atoms with van der Waals surface area (Å²) in [6, 6.07) is 15.4. The minimum absolute atomic E-state index is 0.187. The van der Waals surface area contributed by atoms with Gasteiger partial charge in [-0.15, -0.1) is 0 Å². The fraction of sp³-hybridized carbons (Fsp3) is 0.167. The molecule has 22 heavy (non-hydrogen) atoms. The van der Waals surface area contributed by atoms with E-state index < -0.39 is 0 Å². The topological polar surface area (TPSA) is 71.8 Å². The van der Waals surface area contributed by atoms with E-state index in [1.807, 2.05) is 12.3 Å². The van der Waals surface area contributed by atoms with Crippen molar-refractivity contribution < 1.29 is 5.11 Å². The second-order valence-electron chi connectivity index (χ2n) is 5.24. The molecule has 0 unspecified atom stereocenters. The minimum Gasteiger partial charge on any atom is -0.508 e. The highest BCUT2D eigenvalue weighted by Gasteiger charge is 2.04. The van der Waals surface area contributed by atoms with Gasteiger partial charge in [-0.1, -0.05) is 24.3 Å². The number of fused-ring (bicyclic) bond motifs is 1. The van der Waals surface area contributed by atoms with E-state index in [1.165, 1.54) is 17.0 Å². The standard InChI is InChI=1S/C18H17N3O/c19-11-13-4-5-14(17(22)10-13)6-8-20-12-16-3-1-2-15-7-9-21-18(15)16/h1-5,7,9-10,20-22H,6,8,12H2. The minimum atomic E-state index is 0.187. The highest BCUT2D eigenvalue weighted by atomic mass is 16.3. The van der Waals surface area contributed by atoms with Crippen molar-refractivity contribution in [1.29, 1.82) is 5.26 Å². The van der Waals surface area contributed by atoms with Gasteiger partial charge < -0.3 is 15.4 Å². The maximum absolute atomic E-state index is 9.87. The van der Waals surface area contributed by atoms with Gasteiger partial charge in [0.2, 0.25) is 0 Å². The van der Waals surface area contributed by atoms with Crippen molar-refractivity contribution >= 4 is 10.9 Å². The van der Waals surface area contributed by atoms with Gasteiger partial charge in [0.05, 0.1) is 11.6 Å². The van der Waals surface area contributed by atoms with E-state index in [2.05, 4.69) is 34.6 Å². The zero-order valence-corrected chi connectivity index (χ0v) is 12.1. The third kappa shape index (κ3) is 2.95. The molecular weight excluding hydrogens is 274 g/mol. The van der Waals surface area contributed by atoms with Crippen molar-refractivity contribution in [3.8, 4) is 11.8 Å². The number of aromatic hydroxyl groups is 1. The number of nitriles is 1. The second kappa shape index (κ2) is 6.33. The quantitative estimate of drug-likeness (QED) is 0.633. The lowest BCUT2D eigenvalue weighted by Gasteiger charge is -2.08. The number of H-pyrrole nitrogens is 1. The van der Waals surface area contributed by atoms with E-state index in [9.17, 15) is 5.11 Å². The molecule has 1 heterocycles. The van der Waals surface area contributed by atoms with Crippen LogP contribution in [0.5, 0.6) is 5.75 Å². The van der Waals surface area contributed by atoms with Crippen LogP contribution < -0.4 is 5.32 Å². The Morgan fingerprint density at radius 2 is 2.05 bits per heavy atom. The van der Waals surface area contributed by atoms with Gasteiger partial charge in [0.15, 0.2) is 0 Å². The second-order valence-corrected chi connectivity index (χ2v) is 5.24. The monoisotopic (exact) mass is 291 g/mol. The van der Waals surface area contributed by atoms with Crippen LogP contribution in [0.15, 0.2) is 48.7 Å². The fourth-order valence-corrected chi connectivity index (χ4v) is 2.59. The van der Waals surface area contributed by atoms with E-state index in [-0.39, 0.29) is 5.75 Å². The van der Waals surface area contributed by atoms with E-state index in [0.717, 1.165) is 30.6 Å². The molecular formula is C18H17N3O. The van der Waals surface area contributed by atoms with Crippen molar-refractivity contribution in [1.82, 2.24) is 10.3 Å². The average Bonchev–Trinajstić information content (AvgIpc) is 3.02. The van der Waals surface area contributed by atoms with Crippen LogP contribution in [0.1, 0.15) is 16.7 Å². The molecule has 1 aromatic heterocycles. The molecule has 0 saturated carbocycles.